The Morgan fingerprint density at radius 3 is 2.50 bits per heavy atom. The van der Waals surface area contributed by atoms with Crippen molar-refractivity contribution in [3.8, 4) is 0 Å². The van der Waals surface area contributed by atoms with Gasteiger partial charge in [0.25, 0.3) is 0 Å². The van der Waals surface area contributed by atoms with Crippen molar-refractivity contribution in [2.45, 2.75) is 26.4 Å². The van der Waals surface area contributed by atoms with Crippen LogP contribution >= 0.6 is 51.2 Å². The van der Waals surface area contributed by atoms with E-state index in [0.717, 1.165) is 28.4 Å². The number of nitrogens with zero attached hydrogens (tertiary/aromatic N) is 2. The number of thiazole rings is 1. The van der Waals surface area contributed by atoms with E-state index >= 15 is 0 Å². The summed E-state index contributed by atoms with van der Waals surface area (Å²) in [6.45, 7) is 3.58. The summed E-state index contributed by atoms with van der Waals surface area (Å²) in [5.41, 5.74) is 1.21. The molecule has 0 bridgehead atoms. The number of aryl methyl sites for hydroxylation is 1. The molecule has 1 aromatic carbocycles. The molecule has 0 aliphatic heterocycles. The zero-order chi connectivity index (χ0) is 15.1. The van der Waals surface area contributed by atoms with Crippen molar-refractivity contribution >= 4 is 57.2 Å². The second-order valence-electron chi connectivity index (χ2n) is 4.48. The van der Waals surface area contributed by atoms with Crippen LogP contribution in [0.5, 0.6) is 0 Å². The molecule has 1 heterocycles. The van der Waals surface area contributed by atoms with Crippen LogP contribution < -0.4 is 10.6 Å². The summed E-state index contributed by atoms with van der Waals surface area (Å²) in [4.78, 5) is 9.92. The molecule has 2 aromatic rings. The molecule has 120 valence electrons. The highest BCUT2D eigenvalue weighted by Gasteiger charge is 2.02. The molecule has 0 amide bonds. The van der Waals surface area contributed by atoms with Crippen LogP contribution in [0, 0.1) is 0 Å². The summed E-state index contributed by atoms with van der Waals surface area (Å²) >= 11 is 5.18. The zero-order valence-electron chi connectivity index (χ0n) is 12.6. The monoisotopic (exact) mass is 494 g/mol. The van der Waals surface area contributed by atoms with E-state index < -0.39 is 0 Å². The van der Waals surface area contributed by atoms with Gasteiger partial charge in [-0.15, -0.1) is 35.3 Å². The molecule has 7 heteroatoms. The third-order valence-corrected chi connectivity index (χ3v) is 4.62. The number of guanidine groups is 1. The number of hydrogen-bond acceptors (Lipinski definition) is 3. The van der Waals surface area contributed by atoms with Gasteiger partial charge in [0, 0.05) is 29.1 Å². The normalized spacial score (nSPS) is 11.0. The summed E-state index contributed by atoms with van der Waals surface area (Å²) in [7, 11) is 1.77. The van der Waals surface area contributed by atoms with Crippen LogP contribution in [0.15, 0.2) is 39.9 Å². The van der Waals surface area contributed by atoms with E-state index in [4.69, 9.17) is 0 Å². The fourth-order valence-corrected chi connectivity index (χ4v) is 2.83. The molecule has 0 saturated heterocycles. The van der Waals surface area contributed by atoms with E-state index in [2.05, 4.69) is 55.6 Å². The van der Waals surface area contributed by atoms with Crippen molar-refractivity contribution in [1.29, 1.82) is 0 Å². The summed E-state index contributed by atoms with van der Waals surface area (Å²) in [5.74, 6) is 0.783. The van der Waals surface area contributed by atoms with Crippen LogP contribution in [-0.4, -0.2) is 18.0 Å². The maximum absolute atomic E-state index is 4.39. The lowest BCUT2D eigenvalue weighted by atomic mass is 10.2. The molecule has 22 heavy (non-hydrogen) atoms. The Hall–Kier alpha value is -0.670. The predicted octanol–water partition coefficient (Wildman–Crippen LogP) is 3.95. The fourth-order valence-electron chi connectivity index (χ4n) is 1.76. The molecule has 1 aromatic heterocycles. The van der Waals surface area contributed by atoms with E-state index in [0.29, 0.717) is 6.54 Å². The van der Waals surface area contributed by atoms with Crippen LogP contribution in [0.1, 0.15) is 22.4 Å². The number of aliphatic imine (C=N–C) groups is 1. The highest BCUT2D eigenvalue weighted by molar-refractivity contribution is 14.0. The maximum Gasteiger partial charge on any atom is 0.191 e. The van der Waals surface area contributed by atoms with Crippen LogP contribution in [0.2, 0.25) is 0 Å². The van der Waals surface area contributed by atoms with Crippen LogP contribution in [-0.2, 0) is 19.5 Å². The standard InChI is InChI=1S/C15H19BrN4S.HI/c1-3-13-9-18-14(21-13)10-20-15(17-2)19-8-11-4-6-12(16)7-5-11;/h4-7,9H,3,8,10H2,1-2H3,(H2,17,19,20);1H. The summed E-state index contributed by atoms with van der Waals surface area (Å²) in [6, 6.07) is 8.24. The lowest BCUT2D eigenvalue weighted by Gasteiger charge is -2.11. The number of rotatable bonds is 5. The number of nitrogens with one attached hydrogen (secondary N) is 2. The maximum atomic E-state index is 4.39. The first-order chi connectivity index (χ1) is 10.2. The number of hydrogen-bond donors (Lipinski definition) is 2. The molecule has 0 aliphatic rings. The molecular formula is C15H20BrIN4S. The Bertz CT molecular complexity index is 598. The average molecular weight is 495 g/mol. The lowest BCUT2D eigenvalue weighted by molar-refractivity contribution is 0.805. The Morgan fingerprint density at radius 2 is 1.91 bits per heavy atom. The SMILES string of the molecule is CCc1cnc(CNC(=NC)NCc2ccc(Br)cc2)s1.I. The first kappa shape index (κ1) is 19.4. The van der Waals surface area contributed by atoms with Crippen LogP contribution in [0.4, 0.5) is 0 Å². The topological polar surface area (TPSA) is 49.3 Å². The summed E-state index contributed by atoms with van der Waals surface area (Å²) < 4.78 is 1.09. The Kier molecular flexibility index (Phi) is 8.96. The Labute approximate surface area is 161 Å². The summed E-state index contributed by atoms with van der Waals surface area (Å²) in [5, 5.41) is 7.66. The van der Waals surface area contributed by atoms with Crippen molar-refractivity contribution in [2.75, 3.05) is 7.05 Å². The largest absolute Gasteiger partial charge is 0.352 e. The van der Waals surface area contributed by atoms with Gasteiger partial charge in [-0.2, -0.15) is 0 Å². The average Bonchev–Trinajstić information content (AvgIpc) is 2.97. The molecule has 0 fully saturated rings. The number of halogens is 2. The first-order valence-electron chi connectivity index (χ1n) is 6.83. The van der Waals surface area contributed by atoms with E-state index in [1.807, 2.05) is 18.3 Å². The van der Waals surface area contributed by atoms with Gasteiger partial charge in [-0.3, -0.25) is 4.99 Å². The van der Waals surface area contributed by atoms with Crippen LogP contribution in [0.25, 0.3) is 0 Å². The van der Waals surface area contributed by atoms with Crippen molar-refractivity contribution in [2.24, 2.45) is 4.99 Å². The number of benzene rings is 1. The molecule has 0 spiro atoms. The minimum atomic E-state index is 0. The predicted molar refractivity (Wildman–Crippen MR) is 108 cm³/mol. The quantitative estimate of drug-likeness (QED) is 0.376. The van der Waals surface area contributed by atoms with Gasteiger partial charge in [0.2, 0.25) is 0 Å². The van der Waals surface area contributed by atoms with Crippen molar-refractivity contribution in [3.63, 3.8) is 0 Å². The van der Waals surface area contributed by atoms with E-state index in [1.54, 1.807) is 18.4 Å². The van der Waals surface area contributed by atoms with Crippen molar-refractivity contribution < 1.29 is 0 Å². The smallest absolute Gasteiger partial charge is 0.191 e. The second kappa shape index (κ2) is 10.2. The molecule has 2 rings (SSSR count). The van der Waals surface area contributed by atoms with E-state index in [-0.39, 0.29) is 24.0 Å². The van der Waals surface area contributed by atoms with Gasteiger partial charge in [0.1, 0.15) is 5.01 Å². The van der Waals surface area contributed by atoms with Gasteiger partial charge in [0.05, 0.1) is 6.54 Å². The lowest BCUT2D eigenvalue weighted by Crippen LogP contribution is -2.36. The third-order valence-electron chi connectivity index (χ3n) is 2.95. The molecule has 0 atom stereocenters. The highest BCUT2D eigenvalue weighted by Crippen LogP contribution is 2.13. The van der Waals surface area contributed by atoms with Crippen LogP contribution in [0.3, 0.4) is 0 Å². The van der Waals surface area contributed by atoms with E-state index in [9.17, 15) is 0 Å². The Balaban J connectivity index is 0.00000242. The molecule has 0 saturated carbocycles. The molecule has 0 aliphatic carbocycles. The minimum absolute atomic E-state index is 0. The first-order valence-corrected chi connectivity index (χ1v) is 8.44. The zero-order valence-corrected chi connectivity index (χ0v) is 17.3. The van der Waals surface area contributed by atoms with E-state index in [1.165, 1.54) is 10.4 Å². The van der Waals surface area contributed by atoms with Gasteiger partial charge in [-0.05, 0) is 24.1 Å². The van der Waals surface area contributed by atoms with Crippen molar-refractivity contribution in [1.82, 2.24) is 15.6 Å². The highest BCUT2D eigenvalue weighted by atomic mass is 127. The van der Waals surface area contributed by atoms with Gasteiger partial charge in [0.15, 0.2) is 5.96 Å². The van der Waals surface area contributed by atoms with Gasteiger partial charge in [-0.1, -0.05) is 35.0 Å². The molecule has 0 unspecified atom stereocenters. The molecule has 0 radical (unpaired) electrons. The minimum Gasteiger partial charge on any atom is -0.352 e. The summed E-state index contributed by atoms with van der Waals surface area (Å²) in [6.07, 6.45) is 2.98. The third kappa shape index (κ3) is 6.21. The van der Waals surface area contributed by atoms with Gasteiger partial charge >= 0.3 is 0 Å². The molecular weight excluding hydrogens is 475 g/mol. The Morgan fingerprint density at radius 1 is 1.23 bits per heavy atom. The fraction of sp³-hybridized carbons (Fsp3) is 0.333. The number of aromatic nitrogens is 1. The second-order valence-corrected chi connectivity index (χ2v) is 6.60. The van der Waals surface area contributed by atoms with Gasteiger partial charge in [-0.25, -0.2) is 4.98 Å². The van der Waals surface area contributed by atoms with Gasteiger partial charge < -0.3 is 10.6 Å². The van der Waals surface area contributed by atoms with Crippen molar-refractivity contribution in [3.05, 3.63) is 50.4 Å². The molecule has 4 nitrogen and oxygen atoms in total. The molecule has 2 N–H and O–H groups in total.